The normalized spacial score (nSPS) is 14.8. The van der Waals surface area contributed by atoms with E-state index in [9.17, 15) is 4.79 Å². The van der Waals surface area contributed by atoms with Crippen LogP contribution in [0, 0.1) is 0 Å². The number of ether oxygens (including phenoxy) is 1. The van der Waals surface area contributed by atoms with E-state index < -0.39 is 0 Å². The lowest BCUT2D eigenvalue weighted by atomic mass is 10.2. The summed E-state index contributed by atoms with van der Waals surface area (Å²) in [6.07, 6.45) is 2.35. The number of carbonyl (C=O) groups excluding carboxylic acids is 1. The van der Waals surface area contributed by atoms with Crippen LogP contribution < -0.4 is 5.32 Å². The van der Waals surface area contributed by atoms with E-state index in [0.29, 0.717) is 11.6 Å². The van der Waals surface area contributed by atoms with Gasteiger partial charge in [0.25, 0.3) is 0 Å². The zero-order chi connectivity index (χ0) is 10.8. The van der Waals surface area contributed by atoms with Crippen molar-refractivity contribution in [3.05, 3.63) is 28.2 Å². The monoisotopic (exact) mass is 269 g/mol. The van der Waals surface area contributed by atoms with E-state index in [1.807, 2.05) is 12.1 Å². The predicted molar refractivity (Wildman–Crippen MR) is 62.1 cm³/mol. The van der Waals surface area contributed by atoms with E-state index in [2.05, 4.69) is 21.2 Å². The summed E-state index contributed by atoms with van der Waals surface area (Å²) in [5, 5.41) is 3.31. The minimum absolute atomic E-state index is 0.300. The van der Waals surface area contributed by atoms with Crippen molar-refractivity contribution in [1.29, 1.82) is 0 Å². The summed E-state index contributed by atoms with van der Waals surface area (Å²) in [6.45, 7) is 0. The first-order chi connectivity index (χ1) is 7.20. The van der Waals surface area contributed by atoms with E-state index in [1.54, 1.807) is 6.07 Å². The van der Waals surface area contributed by atoms with Crippen LogP contribution >= 0.6 is 15.9 Å². The number of nitrogens with one attached hydrogen (secondary N) is 1. The Morgan fingerprint density at radius 2 is 2.27 bits per heavy atom. The summed E-state index contributed by atoms with van der Waals surface area (Å²) >= 11 is 3.39. The van der Waals surface area contributed by atoms with Crippen LogP contribution in [-0.2, 0) is 4.74 Å². The Morgan fingerprint density at radius 1 is 1.53 bits per heavy atom. The summed E-state index contributed by atoms with van der Waals surface area (Å²) in [4.78, 5) is 11.5. The number of benzene rings is 1. The van der Waals surface area contributed by atoms with Crippen LogP contribution in [0.2, 0.25) is 0 Å². The van der Waals surface area contributed by atoms with Crippen LogP contribution in [0.3, 0.4) is 0 Å². The Morgan fingerprint density at radius 3 is 2.87 bits per heavy atom. The number of esters is 1. The molecule has 2 rings (SSSR count). The molecule has 0 spiro atoms. The Balaban J connectivity index is 2.29. The van der Waals surface area contributed by atoms with E-state index >= 15 is 0 Å². The smallest absolute Gasteiger partial charge is 0.339 e. The van der Waals surface area contributed by atoms with E-state index in [-0.39, 0.29) is 5.97 Å². The molecule has 0 unspecified atom stereocenters. The van der Waals surface area contributed by atoms with Crippen molar-refractivity contribution in [3.8, 4) is 0 Å². The molecule has 0 saturated heterocycles. The molecule has 4 heteroatoms. The highest BCUT2D eigenvalue weighted by atomic mass is 79.9. The first-order valence-corrected chi connectivity index (χ1v) is 5.64. The van der Waals surface area contributed by atoms with E-state index in [4.69, 9.17) is 4.74 Å². The maximum absolute atomic E-state index is 11.5. The average Bonchev–Trinajstić information content (AvgIpc) is 3.01. The number of halogens is 1. The Kier molecular flexibility index (Phi) is 2.95. The average molecular weight is 270 g/mol. The number of hydrogen-bond acceptors (Lipinski definition) is 3. The molecule has 0 radical (unpaired) electrons. The second-order valence-corrected chi connectivity index (χ2v) is 4.52. The molecule has 0 bridgehead atoms. The lowest BCUT2D eigenvalue weighted by Crippen LogP contribution is -2.09. The molecule has 0 heterocycles. The standard InChI is InChI=1S/C11H12BrNO2/c1-15-11(14)9-5-2-7(12)6-10(9)13-8-3-4-8/h2,5-6,8,13H,3-4H2,1H3. The van der Waals surface area contributed by atoms with Crippen molar-refractivity contribution in [2.75, 3.05) is 12.4 Å². The van der Waals surface area contributed by atoms with Crippen molar-refractivity contribution >= 4 is 27.6 Å². The topological polar surface area (TPSA) is 38.3 Å². The molecule has 1 aromatic carbocycles. The molecule has 0 atom stereocenters. The molecular formula is C11H12BrNO2. The molecular weight excluding hydrogens is 258 g/mol. The van der Waals surface area contributed by atoms with E-state index in [1.165, 1.54) is 20.0 Å². The molecule has 1 aromatic rings. The third-order valence-electron chi connectivity index (χ3n) is 2.32. The van der Waals surface area contributed by atoms with E-state index in [0.717, 1.165) is 10.2 Å². The molecule has 80 valence electrons. The van der Waals surface area contributed by atoms with Crippen LogP contribution in [0.5, 0.6) is 0 Å². The van der Waals surface area contributed by atoms with Crippen molar-refractivity contribution in [1.82, 2.24) is 0 Å². The first-order valence-electron chi connectivity index (χ1n) is 4.85. The molecule has 1 saturated carbocycles. The first kappa shape index (κ1) is 10.5. The van der Waals surface area contributed by atoms with Gasteiger partial charge in [-0.1, -0.05) is 15.9 Å². The Labute approximate surface area is 96.9 Å². The minimum Gasteiger partial charge on any atom is -0.465 e. The molecule has 1 aliphatic carbocycles. The van der Waals surface area contributed by atoms with Gasteiger partial charge in [-0.25, -0.2) is 4.79 Å². The van der Waals surface area contributed by atoms with Crippen LogP contribution in [0.1, 0.15) is 23.2 Å². The molecule has 1 aliphatic rings. The van der Waals surface area contributed by atoms with Gasteiger partial charge in [-0.2, -0.15) is 0 Å². The fourth-order valence-corrected chi connectivity index (χ4v) is 1.73. The van der Waals surface area contributed by atoms with Gasteiger partial charge in [0, 0.05) is 10.5 Å². The third kappa shape index (κ3) is 2.50. The Hall–Kier alpha value is -1.03. The molecule has 1 fully saturated rings. The summed E-state index contributed by atoms with van der Waals surface area (Å²) in [6, 6.07) is 6.03. The maximum Gasteiger partial charge on any atom is 0.339 e. The lowest BCUT2D eigenvalue weighted by Gasteiger charge is -2.10. The SMILES string of the molecule is COC(=O)c1ccc(Br)cc1NC1CC1. The number of hydrogen-bond donors (Lipinski definition) is 1. The summed E-state index contributed by atoms with van der Waals surface area (Å²) in [5.41, 5.74) is 1.44. The van der Waals surface area contributed by atoms with Gasteiger partial charge in [0.2, 0.25) is 0 Å². The number of rotatable bonds is 3. The van der Waals surface area contributed by atoms with Crippen molar-refractivity contribution in [2.45, 2.75) is 18.9 Å². The zero-order valence-corrected chi connectivity index (χ0v) is 10.0. The highest BCUT2D eigenvalue weighted by Gasteiger charge is 2.23. The van der Waals surface area contributed by atoms with Gasteiger partial charge in [-0.3, -0.25) is 0 Å². The fraction of sp³-hybridized carbons (Fsp3) is 0.364. The Bertz CT molecular complexity index is 388. The molecule has 0 amide bonds. The predicted octanol–water partition coefficient (Wildman–Crippen LogP) is 2.81. The number of methoxy groups -OCH3 is 1. The quantitative estimate of drug-likeness (QED) is 0.858. The van der Waals surface area contributed by atoms with Gasteiger partial charge in [0.05, 0.1) is 18.4 Å². The van der Waals surface area contributed by atoms with Gasteiger partial charge in [-0.05, 0) is 31.0 Å². The number of anilines is 1. The molecule has 3 nitrogen and oxygen atoms in total. The zero-order valence-electron chi connectivity index (χ0n) is 8.42. The van der Waals surface area contributed by atoms with Crippen LogP contribution in [0.25, 0.3) is 0 Å². The molecule has 0 aromatic heterocycles. The minimum atomic E-state index is -0.300. The van der Waals surface area contributed by atoms with Crippen molar-refractivity contribution in [2.24, 2.45) is 0 Å². The summed E-state index contributed by atoms with van der Waals surface area (Å²) in [5.74, 6) is -0.300. The second kappa shape index (κ2) is 4.23. The highest BCUT2D eigenvalue weighted by molar-refractivity contribution is 9.10. The molecule has 15 heavy (non-hydrogen) atoms. The third-order valence-corrected chi connectivity index (χ3v) is 2.82. The second-order valence-electron chi connectivity index (χ2n) is 3.60. The molecule has 1 N–H and O–H groups in total. The lowest BCUT2D eigenvalue weighted by molar-refractivity contribution is 0.0602. The summed E-state index contributed by atoms with van der Waals surface area (Å²) < 4.78 is 5.68. The van der Waals surface area contributed by atoms with Gasteiger partial charge in [-0.15, -0.1) is 0 Å². The van der Waals surface area contributed by atoms with Crippen LogP contribution in [0.15, 0.2) is 22.7 Å². The maximum atomic E-state index is 11.5. The van der Waals surface area contributed by atoms with Gasteiger partial charge >= 0.3 is 5.97 Å². The van der Waals surface area contributed by atoms with Crippen LogP contribution in [-0.4, -0.2) is 19.1 Å². The largest absolute Gasteiger partial charge is 0.465 e. The van der Waals surface area contributed by atoms with Crippen molar-refractivity contribution < 1.29 is 9.53 Å². The summed E-state index contributed by atoms with van der Waals surface area (Å²) in [7, 11) is 1.39. The van der Waals surface area contributed by atoms with Gasteiger partial charge < -0.3 is 10.1 Å². The van der Waals surface area contributed by atoms with Crippen LogP contribution in [0.4, 0.5) is 5.69 Å². The highest BCUT2D eigenvalue weighted by Crippen LogP contribution is 2.29. The molecule has 0 aliphatic heterocycles. The van der Waals surface area contributed by atoms with Gasteiger partial charge in [0.1, 0.15) is 0 Å². The fourth-order valence-electron chi connectivity index (χ4n) is 1.37. The number of carbonyl (C=O) groups is 1. The van der Waals surface area contributed by atoms with Crippen molar-refractivity contribution in [3.63, 3.8) is 0 Å². The van der Waals surface area contributed by atoms with Gasteiger partial charge in [0.15, 0.2) is 0 Å².